The minimum absolute atomic E-state index is 0.473. The summed E-state index contributed by atoms with van der Waals surface area (Å²) in [4.78, 5) is 14.3. The lowest BCUT2D eigenvalue weighted by atomic mass is 10.0. The molecule has 0 heterocycles. The molecule has 0 aromatic heterocycles. The summed E-state index contributed by atoms with van der Waals surface area (Å²) in [6.07, 6.45) is 3.30. The lowest BCUT2D eigenvalue weighted by Gasteiger charge is -2.16. The van der Waals surface area contributed by atoms with Gasteiger partial charge in [-0.2, -0.15) is 4.99 Å². The van der Waals surface area contributed by atoms with Crippen LogP contribution in [0.4, 0.5) is 0 Å². The maximum atomic E-state index is 10.5. The number of hydrogen-bond acceptors (Lipinski definition) is 4. The molecule has 0 spiro atoms. The van der Waals surface area contributed by atoms with Crippen LogP contribution < -0.4 is 9.47 Å². The molecule has 4 heteroatoms. The zero-order chi connectivity index (χ0) is 11.6. The summed E-state index contributed by atoms with van der Waals surface area (Å²) in [5.41, 5.74) is 0.378. The van der Waals surface area contributed by atoms with E-state index in [9.17, 15) is 4.79 Å². The average molecular weight is 219 g/mol. The van der Waals surface area contributed by atoms with Crippen molar-refractivity contribution in [3.8, 4) is 11.5 Å². The largest absolute Gasteiger partial charge is 0.496 e. The van der Waals surface area contributed by atoms with Crippen LogP contribution in [0.5, 0.6) is 11.5 Å². The number of hydrogen-bond donors (Lipinski definition) is 0. The van der Waals surface area contributed by atoms with Crippen LogP contribution in [-0.2, 0) is 10.3 Å². The van der Waals surface area contributed by atoms with Crippen LogP contribution in [0.2, 0.25) is 0 Å². The Kier molecular flexibility index (Phi) is 2.67. The lowest BCUT2D eigenvalue weighted by molar-refractivity contribution is 0.377. The van der Waals surface area contributed by atoms with Crippen LogP contribution in [0.3, 0.4) is 0 Å². The van der Waals surface area contributed by atoms with Gasteiger partial charge in [0, 0.05) is 0 Å². The quantitative estimate of drug-likeness (QED) is 0.575. The normalized spacial score (nSPS) is 16.1. The van der Waals surface area contributed by atoms with Gasteiger partial charge in [0.05, 0.1) is 19.8 Å². The number of nitrogens with zero attached hydrogens (tertiary/aromatic N) is 1. The second kappa shape index (κ2) is 3.99. The van der Waals surface area contributed by atoms with Gasteiger partial charge < -0.3 is 9.47 Å². The molecule has 0 aliphatic heterocycles. The SMILES string of the molecule is COc1cccc(OC)c1C1(N=C=O)CC1. The maximum Gasteiger partial charge on any atom is 0.235 e. The van der Waals surface area contributed by atoms with Crippen molar-refractivity contribution in [2.24, 2.45) is 4.99 Å². The van der Waals surface area contributed by atoms with E-state index in [1.165, 1.54) is 0 Å². The molecular weight excluding hydrogens is 206 g/mol. The summed E-state index contributed by atoms with van der Waals surface area (Å²) in [5.74, 6) is 1.41. The Balaban J connectivity index is 2.57. The fraction of sp³-hybridized carbons (Fsp3) is 0.417. The van der Waals surface area contributed by atoms with E-state index in [0.29, 0.717) is 11.5 Å². The standard InChI is InChI=1S/C12H13NO3/c1-15-9-4-3-5-10(16-2)11(9)12(6-7-12)13-8-14/h3-5H,6-7H2,1-2H3. The predicted octanol–water partition coefficient (Wildman–Crippen LogP) is 2.03. The number of benzene rings is 1. The Bertz CT molecular complexity index is 423. The highest BCUT2D eigenvalue weighted by Gasteiger charge is 2.48. The molecule has 16 heavy (non-hydrogen) atoms. The highest BCUT2D eigenvalue weighted by molar-refractivity contribution is 5.54. The molecule has 0 N–H and O–H groups in total. The second-order valence-electron chi connectivity index (χ2n) is 3.77. The van der Waals surface area contributed by atoms with Gasteiger partial charge in [0.1, 0.15) is 17.0 Å². The number of ether oxygens (including phenoxy) is 2. The third-order valence-electron chi connectivity index (χ3n) is 2.88. The van der Waals surface area contributed by atoms with Crippen molar-refractivity contribution in [3.05, 3.63) is 23.8 Å². The number of carbonyl (C=O) groups excluding carboxylic acids is 1. The molecule has 1 saturated carbocycles. The van der Waals surface area contributed by atoms with Gasteiger partial charge in [-0.05, 0) is 25.0 Å². The monoisotopic (exact) mass is 219 g/mol. The van der Waals surface area contributed by atoms with Crippen molar-refractivity contribution in [1.29, 1.82) is 0 Å². The summed E-state index contributed by atoms with van der Waals surface area (Å²) < 4.78 is 10.6. The first kappa shape index (κ1) is 10.7. The first-order valence-corrected chi connectivity index (χ1v) is 5.08. The van der Waals surface area contributed by atoms with Crippen LogP contribution in [0, 0.1) is 0 Å². The zero-order valence-corrected chi connectivity index (χ0v) is 9.32. The second-order valence-corrected chi connectivity index (χ2v) is 3.77. The number of rotatable bonds is 4. The van der Waals surface area contributed by atoms with Crippen LogP contribution >= 0.6 is 0 Å². The van der Waals surface area contributed by atoms with E-state index in [1.807, 2.05) is 18.2 Å². The van der Waals surface area contributed by atoms with Gasteiger partial charge in [-0.25, -0.2) is 4.79 Å². The van der Waals surface area contributed by atoms with Crippen LogP contribution in [0.25, 0.3) is 0 Å². The molecule has 0 bridgehead atoms. The van der Waals surface area contributed by atoms with E-state index in [-0.39, 0.29) is 0 Å². The van der Waals surface area contributed by atoms with Crippen molar-refractivity contribution in [3.63, 3.8) is 0 Å². The third kappa shape index (κ3) is 1.57. The van der Waals surface area contributed by atoms with Crippen molar-refractivity contribution in [2.45, 2.75) is 18.4 Å². The van der Waals surface area contributed by atoms with Gasteiger partial charge in [0.25, 0.3) is 0 Å². The Morgan fingerprint density at radius 1 is 1.25 bits per heavy atom. The van der Waals surface area contributed by atoms with E-state index in [0.717, 1.165) is 18.4 Å². The van der Waals surface area contributed by atoms with Gasteiger partial charge in [-0.1, -0.05) is 6.07 Å². The molecule has 2 rings (SSSR count). The molecular formula is C12H13NO3. The van der Waals surface area contributed by atoms with Gasteiger partial charge in [0.2, 0.25) is 6.08 Å². The summed E-state index contributed by atoms with van der Waals surface area (Å²) in [5, 5.41) is 0. The summed E-state index contributed by atoms with van der Waals surface area (Å²) >= 11 is 0. The molecule has 1 aromatic rings. The molecule has 0 unspecified atom stereocenters. The van der Waals surface area contributed by atoms with Crippen molar-refractivity contribution >= 4 is 6.08 Å². The number of methoxy groups -OCH3 is 2. The van der Waals surface area contributed by atoms with Crippen LogP contribution in [-0.4, -0.2) is 20.3 Å². The van der Waals surface area contributed by atoms with E-state index in [1.54, 1.807) is 20.3 Å². The van der Waals surface area contributed by atoms with Crippen LogP contribution in [0.15, 0.2) is 23.2 Å². The molecule has 4 nitrogen and oxygen atoms in total. The van der Waals surface area contributed by atoms with Gasteiger partial charge >= 0.3 is 0 Å². The topological polar surface area (TPSA) is 47.9 Å². The molecule has 0 amide bonds. The fourth-order valence-corrected chi connectivity index (χ4v) is 1.93. The van der Waals surface area contributed by atoms with Gasteiger partial charge in [0.15, 0.2) is 0 Å². The lowest BCUT2D eigenvalue weighted by Crippen LogP contribution is -2.07. The van der Waals surface area contributed by atoms with E-state index >= 15 is 0 Å². The summed E-state index contributed by atoms with van der Waals surface area (Å²) in [7, 11) is 3.19. The summed E-state index contributed by atoms with van der Waals surface area (Å²) in [6.45, 7) is 0. The minimum Gasteiger partial charge on any atom is -0.496 e. The molecule has 0 saturated heterocycles. The maximum absolute atomic E-state index is 10.5. The first-order valence-electron chi connectivity index (χ1n) is 5.08. The molecule has 84 valence electrons. The van der Waals surface area contributed by atoms with E-state index in [2.05, 4.69) is 4.99 Å². The van der Waals surface area contributed by atoms with Gasteiger partial charge in [-0.15, -0.1) is 0 Å². The first-order chi connectivity index (χ1) is 7.77. The van der Waals surface area contributed by atoms with Crippen LogP contribution in [0.1, 0.15) is 18.4 Å². The highest BCUT2D eigenvalue weighted by Crippen LogP contribution is 2.55. The van der Waals surface area contributed by atoms with Crippen molar-refractivity contribution < 1.29 is 14.3 Å². The molecule has 1 aliphatic rings. The van der Waals surface area contributed by atoms with E-state index in [4.69, 9.17) is 9.47 Å². The smallest absolute Gasteiger partial charge is 0.235 e. The molecule has 1 aliphatic carbocycles. The number of isocyanates is 1. The minimum atomic E-state index is -0.473. The molecule has 0 atom stereocenters. The van der Waals surface area contributed by atoms with Crippen molar-refractivity contribution in [1.82, 2.24) is 0 Å². The predicted molar refractivity (Wildman–Crippen MR) is 58.6 cm³/mol. The van der Waals surface area contributed by atoms with E-state index < -0.39 is 5.54 Å². The zero-order valence-electron chi connectivity index (χ0n) is 9.32. The Hall–Kier alpha value is -1.80. The Labute approximate surface area is 93.9 Å². The molecule has 1 fully saturated rings. The summed E-state index contributed by atoms with van der Waals surface area (Å²) in [6, 6.07) is 5.54. The average Bonchev–Trinajstić information content (AvgIpc) is 3.09. The van der Waals surface area contributed by atoms with Gasteiger partial charge in [-0.3, -0.25) is 0 Å². The number of aliphatic imine (C=N–C) groups is 1. The Morgan fingerprint density at radius 3 is 2.19 bits per heavy atom. The molecule has 0 radical (unpaired) electrons. The van der Waals surface area contributed by atoms with Crippen molar-refractivity contribution in [2.75, 3.05) is 14.2 Å². The fourth-order valence-electron chi connectivity index (χ4n) is 1.93. The highest BCUT2D eigenvalue weighted by atomic mass is 16.5. The molecule has 1 aromatic carbocycles. The Morgan fingerprint density at radius 2 is 1.81 bits per heavy atom. The third-order valence-corrected chi connectivity index (χ3v) is 2.88.